The predicted molar refractivity (Wildman–Crippen MR) is 53.8 cm³/mol. The van der Waals surface area contributed by atoms with Crippen molar-refractivity contribution < 1.29 is 34.1 Å². The third-order valence-electron chi connectivity index (χ3n) is 2.13. The molecule has 1 aliphatic rings. The number of aliphatic carboxylic acids is 2. The number of carbonyl (C=O) groups is 4. The van der Waals surface area contributed by atoms with Crippen LogP contribution in [0.2, 0.25) is 0 Å². The van der Waals surface area contributed by atoms with E-state index in [1.807, 2.05) is 0 Å². The molecule has 2 N–H and O–H groups in total. The second-order valence-corrected chi connectivity index (χ2v) is 3.14. The Hall–Kier alpha value is -2.18. The van der Waals surface area contributed by atoms with Crippen LogP contribution in [0.1, 0.15) is 12.8 Å². The minimum absolute atomic E-state index is 0.0625. The highest BCUT2D eigenvalue weighted by Gasteiger charge is 2.32. The standard InChI is InChI=1S/C8H10O4.C2H2O3/c9-7(10)5-3-1-2-4-6(5)8(11)12;3-1-5-2-4/h1,3,5-6H,2,4H2,(H,9,10)(H,11,12);1-2H. The highest BCUT2D eigenvalue weighted by atomic mass is 16.6. The van der Waals surface area contributed by atoms with Gasteiger partial charge in [-0.1, -0.05) is 12.2 Å². The number of allylic oxidation sites excluding steroid dienone is 1. The molecule has 0 bridgehead atoms. The Bertz CT molecular complexity index is 315. The quantitative estimate of drug-likeness (QED) is 0.407. The van der Waals surface area contributed by atoms with Crippen LogP contribution in [-0.2, 0) is 23.9 Å². The maximum Gasteiger partial charge on any atom is 0.311 e. The fourth-order valence-corrected chi connectivity index (χ4v) is 1.39. The molecule has 17 heavy (non-hydrogen) atoms. The van der Waals surface area contributed by atoms with E-state index in [4.69, 9.17) is 19.8 Å². The van der Waals surface area contributed by atoms with E-state index in [1.54, 1.807) is 6.08 Å². The molecule has 0 aromatic carbocycles. The van der Waals surface area contributed by atoms with Crippen molar-refractivity contribution in [1.82, 2.24) is 0 Å². The first-order chi connectivity index (χ1) is 8.04. The summed E-state index contributed by atoms with van der Waals surface area (Å²) in [5.41, 5.74) is 0. The summed E-state index contributed by atoms with van der Waals surface area (Å²) in [6.45, 7) is 0.125. The number of carboxylic acids is 2. The maximum absolute atomic E-state index is 10.6. The van der Waals surface area contributed by atoms with Gasteiger partial charge in [-0.15, -0.1) is 0 Å². The second-order valence-electron chi connectivity index (χ2n) is 3.14. The third-order valence-corrected chi connectivity index (χ3v) is 2.13. The van der Waals surface area contributed by atoms with Crippen LogP contribution < -0.4 is 0 Å². The monoisotopic (exact) mass is 244 g/mol. The van der Waals surface area contributed by atoms with Crippen molar-refractivity contribution in [2.75, 3.05) is 0 Å². The third kappa shape index (κ3) is 5.45. The van der Waals surface area contributed by atoms with E-state index in [9.17, 15) is 9.59 Å². The smallest absolute Gasteiger partial charge is 0.311 e. The lowest BCUT2D eigenvalue weighted by atomic mass is 9.84. The Morgan fingerprint density at radius 2 is 1.76 bits per heavy atom. The molecule has 0 aromatic rings. The van der Waals surface area contributed by atoms with Crippen LogP contribution in [-0.4, -0.2) is 35.1 Å². The molecular formula is C10H12O7. The number of hydrogen-bond donors (Lipinski definition) is 2. The lowest BCUT2D eigenvalue weighted by Gasteiger charge is -2.19. The molecule has 1 aliphatic carbocycles. The van der Waals surface area contributed by atoms with Gasteiger partial charge in [0.2, 0.25) is 0 Å². The number of ether oxygens (including phenoxy) is 1. The Labute approximate surface area is 96.7 Å². The van der Waals surface area contributed by atoms with Crippen molar-refractivity contribution in [1.29, 1.82) is 0 Å². The summed E-state index contributed by atoms with van der Waals surface area (Å²) in [6.07, 6.45) is 4.26. The summed E-state index contributed by atoms with van der Waals surface area (Å²) in [6, 6.07) is 0. The first-order valence-corrected chi connectivity index (χ1v) is 4.69. The van der Waals surface area contributed by atoms with Gasteiger partial charge in [0.25, 0.3) is 0 Å². The fourth-order valence-electron chi connectivity index (χ4n) is 1.39. The van der Waals surface area contributed by atoms with Gasteiger partial charge < -0.3 is 14.9 Å². The maximum atomic E-state index is 10.6. The zero-order valence-corrected chi connectivity index (χ0v) is 8.81. The van der Waals surface area contributed by atoms with Gasteiger partial charge in [0.1, 0.15) is 0 Å². The van der Waals surface area contributed by atoms with Crippen LogP contribution in [0, 0.1) is 11.8 Å². The van der Waals surface area contributed by atoms with Crippen LogP contribution >= 0.6 is 0 Å². The number of rotatable bonds is 4. The fraction of sp³-hybridized carbons (Fsp3) is 0.400. The van der Waals surface area contributed by atoms with Gasteiger partial charge in [-0.2, -0.15) is 0 Å². The Morgan fingerprint density at radius 1 is 1.18 bits per heavy atom. The van der Waals surface area contributed by atoms with Crippen LogP contribution in [0.3, 0.4) is 0 Å². The van der Waals surface area contributed by atoms with Gasteiger partial charge in [-0.05, 0) is 12.8 Å². The van der Waals surface area contributed by atoms with Gasteiger partial charge in [-0.3, -0.25) is 19.2 Å². The first kappa shape index (κ1) is 14.8. The average molecular weight is 244 g/mol. The number of carbonyl (C=O) groups excluding carboxylic acids is 2. The molecule has 94 valence electrons. The van der Waals surface area contributed by atoms with Crippen molar-refractivity contribution in [2.24, 2.45) is 11.8 Å². The van der Waals surface area contributed by atoms with E-state index in [0.29, 0.717) is 12.8 Å². The molecule has 0 amide bonds. The van der Waals surface area contributed by atoms with Crippen molar-refractivity contribution in [3.63, 3.8) is 0 Å². The van der Waals surface area contributed by atoms with E-state index in [1.165, 1.54) is 6.08 Å². The zero-order chi connectivity index (χ0) is 13.3. The SMILES string of the molecule is O=C(O)C1C=CCCC1C(=O)O.O=COC=O. The lowest BCUT2D eigenvalue weighted by Crippen LogP contribution is -2.30. The summed E-state index contributed by atoms with van der Waals surface area (Å²) in [5.74, 6) is -3.69. The van der Waals surface area contributed by atoms with Gasteiger partial charge in [0, 0.05) is 0 Å². The minimum Gasteiger partial charge on any atom is -0.481 e. The topological polar surface area (TPSA) is 118 Å². The van der Waals surface area contributed by atoms with Gasteiger partial charge in [-0.25, -0.2) is 0 Å². The van der Waals surface area contributed by atoms with Crippen LogP contribution in [0.4, 0.5) is 0 Å². The molecule has 0 saturated carbocycles. The summed E-state index contributed by atoms with van der Waals surface area (Å²) < 4.78 is 3.47. The molecule has 2 atom stereocenters. The largest absolute Gasteiger partial charge is 0.481 e. The molecular weight excluding hydrogens is 232 g/mol. The summed E-state index contributed by atoms with van der Waals surface area (Å²) >= 11 is 0. The van der Waals surface area contributed by atoms with Gasteiger partial charge >= 0.3 is 24.9 Å². The van der Waals surface area contributed by atoms with Crippen molar-refractivity contribution >= 4 is 24.9 Å². The normalized spacial score (nSPS) is 21.6. The van der Waals surface area contributed by atoms with E-state index in [0.717, 1.165) is 0 Å². The van der Waals surface area contributed by atoms with Crippen LogP contribution in [0.15, 0.2) is 12.2 Å². The summed E-state index contributed by atoms with van der Waals surface area (Å²) in [4.78, 5) is 39.0. The van der Waals surface area contributed by atoms with E-state index >= 15 is 0 Å². The lowest BCUT2D eigenvalue weighted by molar-refractivity contribution is -0.152. The molecule has 7 heteroatoms. The average Bonchev–Trinajstić information content (AvgIpc) is 2.30. The molecule has 0 aromatic heterocycles. The number of carboxylic acid groups (broad SMARTS) is 2. The van der Waals surface area contributed by atoms with E-state index < -0.39 is 23.8 Å². The second kappa shape index (κ2) is 8.03. The highest BCUT2D eigenvalue weighted by molar-refractivity contribution is 5.81. The molecule has 1 rings (SSSR count). The van der Waals surface area contributed by atoms with Crippen LogP contribution in [0.5, 0.6) is 0 Å². The minimum atomic E-state index is -1.06. The molecule has 0 aliphatic heterocycles. The van der Waals surface area contributed by atoms with Gasteiger partial charge in [0.15, 0.2) is 0 Å². The van der Waals surface area contributed by atoms with E-state index in [2.05, 4.69) is 4.74 Å². The van der Waals surface area contributed by atoms with Crippen molar-refractivity contribution in [3.8, 4) is 0 Å². The van der Waals surface area contributed by atoms with Crippen LogP contribution in [0.25, 0.3) is 0 Å². The van der Waals surface area contributed by atoms with Crippen molar-refractivity contribution in [3.05, 3.63) is 12.2 Å². The summed E-state index contributed by atoms with van der Waals surface area (Å²) in [5, 5.41) is 17.3. The predicted octanol–water partition coefficient (Wildman–Crippen LogP) is 0.0538. The highest BCUT2D eigenvalue weighted by Crippen LogP contribution is 2.24. The van der Waals surface area contributed by atoms with Crippen molar-refractivity contribution in [2.45, 2.75) is 12.8 Å². The van der Waals surface area contributed by atoms with Gasteiger partial charge in [0.05, 0.1) is 11.8 Å². The molecule has 0 fully saturated rings. The molecule has 0 spiro atoms. The molecule has 0 saturated heterocycles. The number of hydrogen-bond acceptors (Lipinski definition) is 5. The summed E-state index contributed by atoms with van der Waals surface area (Å²) in [7, 11) is 0. The Morgan fingerprint density at radius 3 is 2.06 bits per heavy atom. The Kier molecular flexibility index (Phi) is 7.00. The Balaban J connectivity index is 0.000000437. The zero-order valence-electron chi connectivity index (χ0n) is 8.81. The molecule has 0 radical (unpaired) electrons. The first-order valence-electron chi connectivity index (χ1n) is 4.69. The molecule has 0 heterocycles. The molecule has 2 unspecified atom stereocenters. The van der Waals surface area contributed by atoms with E-state index in [-0.39, 0.29) is 12.9 Å². The molecule has 7 nitrogen and oxygen atoms in total.